The number of aryl methyl sites for hydroxylation is 1. The first kappa shape index (κ1) is 18.3. The summed E-state index contributed by atoms with van der Waals surface area (Å²) in [6.07, 6.45) is 2.35. The summed E-state index contributed by atoms with van der Waals surface area (Å²) in [5.41, 5.74) is 2.71. The Kier molecular flexibility index (Phi) is 4.82. The van der Waals surface area contributed by atoms with Crippen molar-refractivity contribution in [3.8, 4) is 0 Å². The summed E-state index contributed by atoms with van der Waals surface area (Å²) in [6, 6.07) is 9.57. The molecule has 1 saturated heterocycles. The molecule has 1 atom stereocenters. The summed E-state index contributed by atoms with van der Waals surface area (Å²) in [6.45, 7) is 2.45. The maximum absolute atomic E-state index is 13.2. The standard InChI is InChI=1S/C20H21NO4S2/c1-14-4-5-19-18(9-14)15(12-25-19)10-20(22)21(11-17-3-2-7-26-17)16-6-8-27(23,24)13-16/h2-5,7,9,12,16H,6,8,10-11,13H2,1H3/t16-/m0/s1. The van der Waals surface area contributed by atoms with E-state index in [0.29, 0.717) is 13.0 Å². The lowest BCUT2D eigenvalue weighted by Crippen LogP contribution is -2.41. The molecule has 0 N–H and O–H groups in total. The van der Waals surface area contributed by atoms with Crippen molar-refractivity contribution in [1.29, 1.82) is 0 Å². The fourth-order valence-electron chi connectivity index (χ4n) is 3.61. The normalized spacial score (nSPS) is 18.8. The molecule has 5 nitrogen and oxygen atoms in total. The van der Waals surface area contributed by atoms with Gasteiger partial charge in [-0.2, -0.15) is 0 Å². The van der Waals surface area contributed by atoms with Gasteiger partial charge in [0, 0.05) is 21.9 Å². The number of sulfone groups is 1. The van der Waals surface area contributed by atoms with E-state index in [1.165, 1.54) is 0 Å². The van der Waals surface area contributed by atoms with Crippen LogP contribution < -0.4 is 0 Å². The topological polar surface area (TPSA) is 67.6 Å². The van der Waals surface area contributed by atoms with Crippen LogP contribution in [0, 0.1) is 6.92 Å². The van der Waals surface area contributed by atoms with Gasteiger partial charge in [-0.25, -0.2) is 8.42 Å². The van der Waals surface area contributed by atoms with Crippen LogP contribution in [0.25, 0.3) is 11.0 Å². The highest BCUT2D eigenvalue weighted by Crippen LogP contribution is 2.26. The van der Waals surface area contributed by atoms with Gasteiger partial charge < -0.3 is 9.32 Å². The first-order valence-corrected chi connectivity index (χ1v) is 11.6. The van der Waals surface area contributed by atoms with Crippen molar-refractivity contribution < 1.29 is 17.6 Å². The van der Waals surface area contributed by atoms with Gasteiger partial charge in [-0.15, -0.1) is 11.3 Å². The van der Waals surface area contributed by atoms with Crippen LogP contribution >= 0.6 is 11.3 Å². The molecule has 2 aromatic heterocycles. The van der Waals surface area contributed by atoms with Crippen molar-refractivity contribution >= 4 is 38.1 Å². The average molecular weight is 404 g/mol. The quantitative estimate of drug-likeness (QED) is 0.653. The minimum Gasteiger partial charge on any atom is -0.464 e. The number of hydrogen-bond donors (Lipinski definition) is 0. The van der Waals surface area contributed by atoms with E-state index in [2.05, 4.69) is 0 Å². The van der Waals surface area contributed by atoms with Gasteiger partial charge in [-0.05, 0) is 36.9 Å². The average Bonchev–Trinajstić information content (AvgIpc) is 3.34. The number of hydrogen-bond acceptors (Lipinski definition) is 5. The predicted octanol–water partition coefficient (Wildman–Crippen LogP) is 3.56. The summed E-state index contributed by atoms with van der Waals surface area (Å²) >= 11 is 1.58. The molecule has 7 heteroatoms. The lowest BCUT2D eigenvalue weighted by atomic mass is 10.1. The van der Waals surface area contributed by atoms with Gasteiger partial charge in [0.15, 0.2) is 9.84 Å². The van der Waals surface area contributed by atoms with E-state index >= 15 is 0 Å². The van der Waals surface area contributed by atoms with Crippen molar-refractivity contribution in [2.45, 2.75) is 32.4 Å². The molecule has 4 rings (SSSR count). The zero-order valence-electron chi connectivity index (χ0n) is 15.1. The molecule has 1 aromatic carbocycles. The molecule has 0 aliphatic carbocycles. The predicted molar refractivity (Wildman–Crippen MR) is 107 cm³/mol. The summed E-state index contributed by atoms with van der Waals surface area (Å²) in [4.78, 5) is 16.0. The molecule has 0 bridgehead atoms. The van der Waals surface area contributed by atoms with E-state index in [1.807, 2.05) is 42.6 Å². The number of nitrogens with zero attached hydrogens (tertiary/aromatic N) is 1. The minimum absolute atomic E-state index is 0.0510. The SMILES string of the molecule is Cc1ccc2occ(CC(=O)N(Cc3cccs3)[C@H]3CCS(=O)(=O)C3)c2c1. The van der Waals surface area contributed by atoms with Crippen LogP contribution in [0.2, 0.25) is 0 Å². The van der Waals surface area contributed by atoms with Crippen molar-refractivity contribution in [1.82, 2.24) is 4.90 Å². The number of rotatable bonds is 5. The van der Waals surface area contributed by atoms with Crippen LogP contribution in [-0.4, -0.2) is 36.8 Å². The lowest BCUT2D eigenvalue weighted by molar-refractivity contribution is -0.133. The second-order valence-corrected chi connectivity index (χ2v) is 10.4. The molecule has 0 spiro atoms. The molecular formula is C20H21NO4S2. The monoisotopic (exact) mass is 403 g/mol. The Balaban J connectivity index is 1.60. The number of amides is 1. The van der Waals surface area contributed by atoms with Crippen LogP contribution in [-0.2, 0) is 27.6 Å². The molecule has 1 aliphatic heterocycles. The Morgan fingerprint density at radius 3 is 2.89 bits per heavy atom. The van der Waals surface area contributed by atoms with Gasteiger partial charge in [0.25, 0.3) is 0 Å². The maximum atomic E-state index is 13.2. The molecule has 0 unspecified atom stereocenters. The Labute approximate surface area is 162 Å². The third-order valence-corrected chi connectivity index (χ3v) is 7.64. The largest absolute Gasteiger partial charge is 0.464 e. The van der Waals surface area contributed by atoms with E-state index < -0.39 is 9.84 Å². The summed E-state index contributed by atoms with van der Waals surface area (Å²) in [7, 11) is -3.06. The van der Waals surface area contributed by atoms with E-state index in [4.69, 9.17) is 4.42 Å². The smallest absolute Gasteiger partial charge is 0.227 e. The molecule has 1 amide bonds. The van der Waals surface area contributed by atoms with Crippen LogP contribution in [0.5, 0.6) is 0 Å². The van der Waals surface area contributed by atoms with Gasteiger partial charge in [0.2, 0.25) is 5.91 Å². The Bertz CT molecular complexity index is 1070. The number of carbonyl (C=O) groups is 1. The zero-order chi connectivity index (χ0) is 19.0. The number of furan rings is 1. The fraction of sp³-hybridized carbons (Fsp3) is 0.350. The van der Waals surface area contributed by atoms with E-state index in [9.17, 15) is 13.2 Å². The summed E-state index contributed by atoms with van der Waals surface area (Å²) < 4.78 is 29.5. The molecule has 0 saturated carbocycles. The lowest BCUT2D eigenvalue weighted by Gasteiger charge is -2.28. The van der Waals surface area contributed by atoms with Gasteiger partial charge >= 0.3 is 0 Å². The highest BCUT2D eigenvalue weighted by Gasteiger charge is 2.35. The first-order chi connectivity index (χ1) is 12.9. The minimum atomic E-state index is -3.06. The third kappa shape index (κ3) is 3.94. The van der Waals surface area contributed by atoms with Gasteiger partial charge in [0.1, 0.15) is 5.58 Å². The van der Waals surface area contributed by atoms with E-state index in [0.717, 1.165) is 27.0 Å². The zero-order valence-corrected chi connectivity index (χ0v) is 16.7. The number of thiophene rings is 1. The van der Waals surface area contributed by atoms with Gasteiger partial charge in [-0.1, -0.05) is 17.7 Å². The fourth-order valence-corrected chi connectivity index (χ4v) is 6.04. The first-order valence-electron chi connectivity index (χ1n) is 8.90. The molecule has 27 heavy (non-hydrogen) atoms. The van der Waals surface area contributed by atoms with Crippen LogP contribution in [0.1, 0.15) is 22.4 Å². The summed E-state index contributed by atoms with van der Waals surface area (Å²) in [5.74, 6) is 0.143. The van der Waals surface area contributed by atoms with Gasteiger partial charge in [-0.3, -0.25) is 4.79 Å². The second-order valence-electron chi connectivity index (χ2n) is 7.10. The number of carbonyl (C=O) groups excluding carboxylic acids is 1. The molecular weight excluding hydrogens is 382 g/mol. The maximum Gasteiger partial charge on any atom is 0.227 e. The number of fused-ring (bicyclic) bond motifs is 1. The number of benzene rings is 1. The molecule has 3 heterocycles. The highest BCUT2D eigenvalue weighted by atomic mass is 32.2. The van der Waals surface area contributed by atoms with Crippen LogP contribution in [0.4, 0.5) is 0 Å². The second kappa shape index (κ2) is 7.13. The summed E-state index contributed by atoms with van der Waals surface area (Å²) in [5, 5.41) is 2.91. The van der Waals surface area contributed by atoms with E-state index in [1.54, 1.807) is 22.5 Å². The van der Waals surface area contributed by atoms with E-state index in [-0.39, 0.29) is 29.9 Å². The van der Waals surface area contributed by atoms with Crippen molar-refractivity contribution in [3.05, 3.63) is 58.0 Å². The molecule has 1 fully saturated rings. The molecule has 3 aromatic rings. The molecule has 142 valence electrons. The highest BCUT2D eigenvalue weighted by molar-refractivity contribution is 7.91. The van der Waals surface area contributed by atoms with Crippen molar-refractivity contribution in [2.75, 3.05) is 11.5 Å². The van der Waals surface area contributed by atoms with Crippen molar-refractivity contribution in [2.24, 2.45) is 0 Å². The van der Waals surface area contributed by atoms with Crippen LogP contribution in [0.3, 0.4) is 0 Å². The molecule has 0 radical (unpaired) electrons. The third-order valence-electron chi connectivity index (χ3n) is 5.03. The van der Waals surface area contributed by atoms with Crippen LogP contribution in [0.15, 0.2) is 46.4 Å². The van der Waals surface area contributed by atoms with Gasteiger partial charge in [0.05, 0.1) is 30.7 Å². The molecule has 1 aliphatic rings. The van der Waals surface area contributed by atoms with Crippen molar-refractivity contribution in [3.63, 3.8) is 0 Å². The Morgan fingerprint density at radius 2 is 2.19 bits per heavy atom. The Hall–Kier alpha value is -2.12. The Morgan fingerprint density at radius 1 is 1.33 bits per heavy atom.